The number of hydrogen-bond acceptors (Lipinski definition) is 2. The van der Waals surface area contributed by atoms with Crippen molar-refractivity contribution in [3.8, 4) is 27.9 Å². The fourth-order valence-electron chi connectivity index (χ4n) is 9.32. The molecule has 0 fully saturated rings. The maximum absolute atomic E-state index is 6.73. The van der Waals surface area contributed by atoms with Gasteiger partial charge in [0.25, 0.3) is 0 Å². The summed E-state index contributed by atoms with van der Waals surface area (Å²) in [6, 6.07) is 78.7. The summed E-state index contributed by atoms with van der Waals surface area (Å²) in [5.74, 6) is 0. The summed E-state index contributed by atoms with van der Waals surface area (Å²) >= 11 is 0. The molecule has 0 amide bonds. The van der Waals surface area contributed by atoms with E-state index in [4.69, 9.17) is 4.42 Å². The molecular formula is C56H36N2O. The van der Waals surface area contributed by atoms with Crippen LogP contribution in [-0.2, 0) is 0 Å². The molecule has 0 N–H and O–H groups in total. The Labute approximate surface area is 341 Å². The molecule has 10 aromatic carbocycles. The molecule has 0 radical (unpaired) electrons. The average molecular weight is 753 g/mol. The Balaban J connectivity index is 1.05. The van der Waals surface area contributed by atoms with E-state index in [9.17, 15) is 0 Å². The first-order chi connectivity index (χ1) is 29.3. The third kappa shape index (κ3) is 5.29. The minimum atomic E-state index is 0.862. The highest BCUT2D eigenvalue weighted by molar-refractivity contribution is 6.19. The Bertz CT molecular complexity index is 3510. The zero-order valence-corrected chi connectivity index (χ0v) is 32.1. The molecule has 276 valence electrons. The maximum Gasteiger partial charge on any atom is 0.143 e. The molecule has 3 heteroatoms. The van der Waals surface area contributed by atoms with Crippen LogP contribution in [0.15, 0.2) is 223 Å². The SMILES string of the molecule is c1cc(-c2cccc3ccccc23)cc(N(c2ccc(-c3ccccc3-n3c4ccccc4c4ccccc43)cc2)c2cccc3oc4c5ccccc5ccc4c23)c1. The smallest absolute Gasteiger partial charge is 0.143 e. The maximum atomic E-state index is 6.73. The van der Waals surface area contributed by atoms with Crippen molar-refractivity contribution in [2.24, 2.45) is 0 Å². The van der Waals surface area contributed by atoms with Gasteiger partial charge in [0.2, 0.25) is 0 Å². The van der Waals surface area contributed by atoms with Crippen LogP contribution in [0.25, 0.3) is 93.2 Å². The Morgan fingerprint density at radius 1 is 0.373 bits per heavy atom. The molecule has 3 nitrogen and oxygen atoms in total. The highest BCUT2D eigenvalue weighted by atomic mass is 16.3. The van der Waals surface area contributed by atoms with Gasteiger partial charge in [0, 0.05) is 38.5 Å². The van der Waals surface area contributed by atoms with Gasteiger partial charge in [-0.2, -0.15) is 0 Å². The quantitative estimate of drug-likeness (QED) is 0.169. The fourth-order valence-corrected chi connectivity index (χ4v) is 9.32. The van der Waals surface area contributed by atoms with E-state index < -0.39 is 0 Å². The van der Waals surface area contributed by atoms with Gasteiger partial charge in [0.1, 0.15) is 11.2 Å². The molecule has 0 aliphatic heterocycles. The standard InChI is InChI=1S/C56H36N2O/c1-3-19-43-37(14-1)16-12-24-44(43)40-17-11-18-42(36-40)57(53-28-13-29-54-55(53)49-35-32-38-15-2-4-21-46(38)56(49)59-54)41-33-30-39(31-34-41)45-20-5-8-25-50(45)58-51-26-9-6-22-47(51)48-23-7-10-27-52(48)58/h1-36H. The zero-order valence-electron chi connectivity index (χ0n) is 32.1. The van der Waals surface area contributed by atoms with Crippen molar-refractivity contribution in [2.75, 3.05) is 4.90 Å². The van der Waals surface area contributed by atoms with E-state index in [-0.39, 0.29) is 0 Å². The Morgan fingerprint density at radius 3 is 1.78 bits per heavy atom. The molecule has 0 unspecified atom stereocenters. The lowest BCUT2D eigenvalue weighted by molar-refractivity contribution is 0.672. The van der Waals surface area contributed by atoms with Gasteiger partial charge in [0.15, 0.2) is 0 Å². The topological polar surface area (TPSA) is 21.3 Å². The molecule has 0 bridgehead atoms. The second-order valence-corrected chi connectivity index (χ2v) is 15.3. The number of furan rings is 1. The third-order valence-electron chi connectivity index (χ3n) is 12.0. The van der Waals surface area contributed by atoms with Crippen molar-refractivity contribution in [1.82, 2.24) is 4.57 Å². The van der Waals surface area contributed by atoms with E-state index >= 15 is 0 Å². The van der Waals surface area contributed by atoms with Gasteiger partial charge in [-0.15, -0.1) is 0 Å². The highest BCUT2D eigenvalue weighted by Crippen LogP contribution is 2.46. The van der Waals surface area contributed by atoms with E-state index in [0.29, 0.717) is 0 Å². The number of aromatic nitrogens is 1. The van der Waals surface area contributed by atoms with Gasteiger partial charge >= 0.3 is 0 Å². The van der Waals surface area contributed by atoms with Crippen molar-refractivity contribution in [2.45, 2.75) is 0 Å². The number of nitrogens with zero attached hydrogens (tertiary/aromatic N) is 2. The molecule has 0 saturated carbocycles. The summed E-state index contributed by atoms with van der Waals surface area (Å²) in [4.78, 5) is 2.39. The fraction of sp³-hybridized carbons (Fsp3) is 0. The monoisotopic (exact) mass is 752 g/mol. The highest BCUT2D eigenvalue weighted by Gasteiger charge is 2.22. The zero-order chi connectivity index (χ0) is 38.9. The van der Waals surface area contributed by atoms with Crippen LogP contribution in [0.1, 0.15) is 0 Å². The molecular weight excluding hydrogens is 717 g/mol. The molecule has 2 aromatic heterocycles. The van der Waals surface area contributed by atoms with Gasteiger partial charge in [-0.25, -0.2) is 0 Å². The summed E-state index contributed by atoms with van der Waals surface area (Å²) in [6.07, 6.45) is 0. The molecule has 0 aliphatic carbocycles. The molecule has 59 heavy (non-hydrogen) atoms. The average Bonchev–Trinajstić information content (AvgIpc) is 3.86. The van der Waals surface area contributed by atoms with E-state index in [1.165, 1.54) is 43.7 Å². The Hall–Kier alpha value is -7.88. The van der Waals surface area contributed by atoms with Crippen molar-refractivity contribution in [1.29, 1.82) is 0 Å². The van der Waals surface area contributed by atoms with E-state index in [1.54, 1.807) is 0 Å². The normalized spacial score (nSPS) is 11.7. The lowest BCUT2D eigenvalue weighted by Crippen LogP contribution is -2.10. The third-order valence-corrected chi connectivity index (χ3v) is 12.0. The van der Waals surface area contributed by atoms with Gasteiger partial charge in [-0.1, -0.05) is 158 Å². The summed E-state index contributed by atoms with van der Waals surface area (Å²) in [7, 11) is 0. The lowest BCUT2D eigenvalue weighted by Gasteiger charge is -2.27. The predicted molar refractivity (Wildman–Crippen MR) is 249 cm³/mol. The van der Waals surface area contributed by atoms with Gasteiger partial charge in [-0.3, -0.25) is 0 Å². The summed E-state index contributed by atoms with van der Waals surface area (Å²) in [6.45, 7) is 0. The number of benzene rings is 10. The molecule has 0 saturated heterocycles. The molecule has 0 spiro atoms. The lowest BCUT2D eigenvalue weighted by atomic mass is 9.97. The first kappa shape index (κ1) is 33.3. The summed E-state index contributed by atoms with van der Waals surface area (Å²) in [5, 5.41) is 9.43. The van der Waals surface area contributed by atoms with Crippen molar-refractivity contribution < 1.29 is 4.42 Å². The molecule has 0 atom stereocenters. The summed E-state index contributed by atoms with van der Waals surface area (Å²) < 4.78 is 9.14. The van der Waals surface area contributed by atoms with Gasteiger partial charge in [0.05, 0.1) is 27.8 Å². The van der Waals surface area contributed by atoms with Crippen LogP contribution in [-0.4, -0.2) is 4.57 Å². The van der Waals surface area contributed by atoms with E-state index in [2.05, 4.69) is 228 Å². The predicted octanol–water partition coefficient (Wildman–Crippen LogP) is 15.8. The first-order valence-corrected chi connectivity index (χ1v) is 20.2. The molecule has 0 aliphatic rings. The number of fused-ring (bicyclic) bond motifs is 9. The van der Waals surface area contributed by atoms with Crippen LogP contribution in [0.4, 0.5) is 17.1 Å². The Kier molecular flexibility index (Phi) is 7.54. The van der Waals surface area contributed by atoms with E-state index in [0.717, 1.165) is 66.6 Å². The minimum absolute atomic E-state index is 0.862. The molecule has 12 aromatic rings. The number of para-hydroxylation sites is 3. The second kappa shape index (κ2) is 13.4. The van der Waals surface area contributed by atoms with E-state index in [1.807, 2.05) is 0 Å². The van der Waals surface area contributed by atoms with Gasteiger partial charge in [-0.05, 0) is 93.5 Å². The molecule has 2 heterocycles. The van der Waals surface area contributed by atoms with Crippen molar-refractivity contribution in [3.63, 3.8) is 0 Å². The van der Waals surface area contributed by atoms with Crippen LogP contribution >= 0.6 is 0 Å². The largest absolute Gasteiger partial charge is 0.455 e. The van der Waals surface area contributed by atoms with Crippen LogP contribution in [0.2, 0.25) is 0 Å². The van der Waals surface area contributed by atoms with Gasteiger partial charge < -0.3 is 13.9 Å². The first-order valence-electron chi connectivity index (χ1n) is 20.2. The minimum Gasteiger partial charge on any atom is -0.455 e. The van der Waals surface area contributed by atoms with Crippen molar-refractivity contribution >= 4 is 82.4 Å². The number of anilines is 3. The Morgan fingerprint density at radius 2 is 0.983 bits per heavy atom. The molecule has 12 rings (SSSR count). The van der Waals surface area contributed by atoms with Crippen LogP contribution < -0.4 is 4.90 Å². The van der Waals surface area contributed by atoms with Crippen molar-refractivity contribution in [3.05, 3.63) is 218 Å². The van der Waals surface area contributed by atoms with Crippen LogP contribution in [0.5, 0.6) is 0 Å². The van der Waals surface area contributed by atoms with Crippen LogP contribution in [0, 0.1) is 0 Å². The number of hydrogen-bond donors (Lipinski definition) is 0. The second-order valence-electron chi connectivity index (χ2n) is 15.3. The number of rotatable bonds is 6. The van der Waals surface area contributed by atoms with Crippen LogP contribution in [0.3, 0.4) is 0 Å². The summed E-state index contributed by atoms with van der Waals surface area (Å²) in [5.41, 5.74) is 13.2.